The summed E-state index contributed by atoms with van der Waals surface area (Å²) in [6, 6.07) is 0. The number of hydrogen-bond acceptors (Lipinski definition) is 5. The molecule has 0 amide bonds. The van der Waals surface area contributed by atoms with Crippen molar-refractivity contribution < 1.29 is 14.3 Å². The summed E-state index contributed by atoms with van der Waals surface area (Å²) in [4.78, 5) is 14.0. The largest absolute Gasteiger partial charge is 0.468 e. The highest BCUT2D eigenvalue weighted by molar-refractivity contribution is 5.80. The van der Waals surface area contributed by atoms with E-state index in [1.807, 2.05) is 6.92 Å². The summed E-state index contributed by atoms with van der Waals surface area (Å²) < 4.78 is 10.5. The van der Waals surface area contributed by atoms with E-state index in [0.717, 1.165) is 13.1 Å². The van der Waals surface area contributed by atoms with Gasteiger partial charge in [0, 0.05) is 19.6 Å². The van der Waals surface area contributed by atoms with Crippen LogP contribution in [0.3, 0.4) is 0 Å². The molecule has 17 heavy (non-hydrogen) atoms. The highest BCUT2D eigenvalue weighted by Crippen LogP contribution is 2.15. The number of esters is 1. The molecule has 0 radical (unpaired) electrons. The van der Waals surface area contributed by atoms with Crippen molar-refractivity contribution in [2.45, 2.75) is 38.5 Å². The van der Waals surface area contributed by atoms with Gasteiger partial charge in [-0.3, -0.25) is 9.69 Å². The van der Waals surface area contributed by atoms with Gasteiger partial charge in [0.05, 0.1) is 19.3 Å². The van der Waals surface area contributed by atoms with E-state index in [1.165, 1.54) is 7.11 Å². The van der Waals surface area contributed by atoms with Gasteiger partial charge in [-0.15, -0.1) is 0 Å². The van der Waals surface area contributed by atoms with Crippen LogP contribution in [0.15, 0.2) is 0 Å². The Morgan fingerprint density at radius 3 is 2.41 bits per heavy atom. The lowest BCUT2D eigenvalue weighted by atomic mass is 10.0. The third-order valence-electron chi connectivity index (χ3n) is 3.22. The van der Waals surface area contributed by atoms with Crippen molar-refractivity contribution in [2.24, 2.45) is 0 Å². The molecular weight excluding hydrogens is 220 g/mol. The normalized spacial score (nSPS) is 29.7. The van der Waals surface area contributed by atoms with E-state index in [4.69, 9.17) is 9.47 Å². The maximum absolute atomic E-state index is 11.8. The predicted octanol–water partition coefficient (Wildman–Crippen LogP) is 0.247. The molecule has 0 saturated carbocycles. The number of nitrogens with zero attached hydrogens (tertiary/aromatic N) is 1. The van der Waals surface area contributed by atoms with Crippen LogP contribution in [0.1, 0.15) is 20.8 Å². The summed E-state index contributed by atoms with van der Waals surface area (Å²) in [5, 5.41) is 3.05. The molecule has 1 aliphatic heterocycles. The molecule has 100 valence electrons. The molecule has 1 unspecified atom stereocenters. The van der Waals surface area contributed by atoms with E-state index in [1.54, 1.807) is 7.05 Å². The fraction of sp³-hybridized carbons (Fsp3) is 0.917. The van der Waals surface area contributed by atoms with Gasteiger partial charge in [0.2, 0.25) is 0 Å². The minimum Gasteiger partial charge on any atom is -0.468 e. The maximum Gasteiger partial charge on any atom is 0.327 e. The first-order chi connectivity index (χ1) is 7.91. The summed E-state index contributed by atoms with van der Waals surface area (Å²) in [6.07, 6.45) is 0.412. The lowest BCUT2D eigenvalue weighted by molar-refractivity contribution is -0.150. The highest BCUT2D eigenvalue weighted by Gasteiger charge is 2.36. The van der Waals surface area contributed by atoms with Crippen molar-refractivity contribution in [2.75, 3.05) is 33.8 Å². The van der Waals surface area contributed by atoms with Crippen LogP contribution in [-0.2, 0) is 14.3 Å². The number of hydrogen-bond donors (Lipinski definition) is 1. The standard InChI is InChI=1S/C12H24N2O3/c1-9-6-14(7-10(2)17-9)8-12(3,13-4)11(15)16-5/h9-10,13H,6-8H2,1-5H3/t9-,10+,12?. The number of methoxy groups -OCH3 is 1. The summed E-state index contributed by atoms with van der Waals surface area (Å²) in [5.41, 5.74) is -0.661. The second kappa shape index (κ2) is 5.80. The first-order valence-electron chi connectivity index (χ1n) is 6.06. The monoisotopic (exact) mass is 244 g/mol. The van der Waals surface area contributed by atoms with Gasteiger partial charge in [0.1, 0.15) is 5.54 Å². The molecule has 1 saturated heterocycles. The lowest BCUT2D eigenvalue weighted by Gasteiger charge is -2.39. The Bertz CT molecular complexity index is 262. The van der Waals surface area contributed by atoms with Gasteiger partial charge >= 0.3 is 5.97 Å². The molecule has 0 bridgehead atoms. The molecule has 5 nitrogen and oxygen atoms in total. The topological polar surface area (TPSA) is 50.8 Å². The Kier molecular flexibility index (Phi) is 4.91. The molecule has 1 rings (SSSR count). The second-order valence-electron chi connectivity index (χ2n) is 5.03. The summed E-state index contributed by atoms with van der Waals surface area (Å²) >= 11 is 0. The Balaban J connectivity index is 2.64. The molecule has 1 N–H and O–H groups in total. The predicted molar refractivity (Wildman–Crippen MR) is 65.9 cm³/mol. The van der Waals surface area contributed by atoms with E-state index in [0.29, 0.717) is 6.54 Å². The zero-order valence-corrected chi connectivity index (χ0v) is 11.4. The Labute approximate surface area is 103 Å². The van der Waals surface area contributed by atoms with E-state index < -0.39 is 5.54 Å². The molecule has 0 aromatic heterocycles. The Morgan fingerprint density at radius 1 is 1.47 bits per heavy atom. The minimum absolute atomic E-state index is 0.206. The molecule has 1 heterocycles. The van der Waals surface area contributed by atoms with Gasteiger partial charge in [-0.25, -0.2) is 0 Å². The number of carbonyl (C=O) groups is 1. The molecule has 3 atom stereocenters. The van der Waals surface area contributed by atoms with Gasteiger partial charge in [-0.05, 0) is 27.8 Å². The third kappa shape index (κ3) is 3.66. The quantitative estimate of drug-likeness (QED) is 0.718. The van der Waals surface area contributed by atoms with Gasteiger partial charge in [0.15, 0.2) is 0 Å². The number of ether oxygens (including phenoxy) is 2. The number of carbonyl (C=O) groups excluding carboxylic acids is 1. The fourth-order valence-electron chi connectivity index (χ4n) is 2.33. The van der Waals surface area contributed by atoms with Crippen molar-refractivity contribution in [3.63, 3.8) is 0 Å². The van der Waals surface area contributed by atoms with Crippen molar-refractivity contribution in [1.29, 1.82) is 0 Å². The molecule has 0 spiro atoms. The van der Waals surface area contributed by atoms with Gasteiger partial charge in [-0.2, -0.15) is 0 Å². The van der Waals surface area contributed by atoms with Gasteiger partial charge in [0.25, 0.3) is 0 Å². The van der Waals surface area contributed by atoms with E-state index >= 15 is 0 Å². The molecule has 1 fully saturated rings. The average Bonchev–Trinajstić information content (AvgIpc) is 2.26. The fourth-order valence-corrected chi connectivity index (χ4v) is 2.33. The van der Waals surface area contributed by atoms with Crippen LogP contribution in [0.5, 0.6) is 0 Å². The maximum atomic E-state index is 11.8. The molecule has 0 aromatic rings. The van der Waals surface area contributed by atoms with Crippen molar-refractivity contribution in [3.8, 4) is 0 Å². The van der Waals surface area contributed by atoms with Crippen LogP contribution >= 0.6 is 0 Å². The third-order valence-corrected chi connectivity index (χ3v) is 3.22. The smallest absolute Gasteiger partial charge is 0.327 e. The first kappa shape index (κ1) is 14.4. The van der Waals surface area contributed by atoms with Crippen LogP contribution in [0, 0.1) is 0 Å². The zero-order chi connectivity index (χ0) is 13.1. The van der Waals surface area contributed by atoms with Crippen LogP contribution in [0.25, 0.3) is 0 Å². The summed E-state index contributed by atoms with van der Waals surface area (Å²) in [7, 11) is 3.20. The van der Waals surface area contributed by atoms with Crippen molar-refractivity contribution >= 4 is 5.97 Å². The average molecular weight is 244 g/mol. The summed E-state index contributed by atoms with van der Waals surface area (Å²) in [5.74, 6) is -0.230. The summed E-state index contributed by atoms with van der Waals surface area (Å²) in [6.45, 7) is 8.30. The molecule has 0 aliphatic carbocycles. The van der Waals surface area contributed by atoms with E-state index in [-0.39, 0.29) is 18.2 Å². The van der Waals surface area contributed by atoms with Crippen LogP contribution in [-0.4, -0.2) is 62.4 Å². The second-order valence-corrected chi connectivity index (χ2v) is 5.03. The Morgan fingerprint density at radius 2 is 2.00 bits per heavy atom. The van der Waals surface area contributed by atoms with Crippen LogP contribution in [0.4, 0.5) is 0 Å². The zero-order valence-electron chi connectivity index (χ0n) is 11.4. The first-order valence-corrected chi connectivity index (χ1v) is 6.06. The number of rotatable bonds is 4. The van der Waals surface area contributed by atoms with Gasteiger partial charge < -0.3 is 14.8 Å². The van der Waals surface area contributed by atoms with Crippen LogP contribution in [0.2, 0.25) is 0 Å². The molecular formula is C12H24N2O3. The lowest BCUT2D eigenvalue weighted by Crippen LogP contribution is -2.59. The molecule has 5 heteroatoms. The van der Waals surface area contributed by atoms with E-state index in [2.05, 4.69) is 24.1 Å². The molecule has 0 aromatic carbocycles. The van der Waals surface area contributed by atoms with Crippen molar-refractivity contribution in [1.82, 2.24) is 10.2 Å². The Hall–Kier alpha value is -0.650. The SMILES string of the molecule is CNC(C)(CN1C[C@@H](C)O[C@@H](C)C1)C(=O)OC. The van der Waals surface area contributed by atoms with Gasteiger partial charge in [-0.1, -0.05) is 0 Å². The van der Waals surface area contributed by atoms with E-state index in [9.17, 15) is 4.79 Å². The van der Waals surface area contributed by atoms with Crippen LogP contribution < -0.4 is 5.32 Å². The number of morpholine rings is 1. The number of likely N-dealkylation sites (N-methyl/N-ethyl adjacent to an activating group) is 1. The highest BCUT2D eigenvalue weighted by atomic mass is 16.5. The minimum atomic E-state index is -0.661. The van der Waals surface area contributed by atoms with Crippen molar-refractivity contribution in [3.05, 3.63) is 0 Å². The molecule has 1 aliphatic rings. The number of nitrogens with one attached hydrogen (secondary N) is 1.